The molecule has 0 aromatic carbocycles. The third-order valence-corrected chi connectivity index (χ3v) is 2.34. The summed E-state index contributed by atoms with van der Waals surface area (Å²) in [5.41, 5.74) is -0.947. The lowest BCUT2D eigenvalue weighted by Crippen LogP contribution is -2.45. The topological polar surface area (TPSA) is 62.1 Å². The second kappa shape index (κ2) is 4.43. The SMILES string of the molecule is CC(C)(C#N)C(=O)NC1CCCOC1. The van der Waals surface area contributed by atoms with Crippen LogP contribution >= 0.6 is 0 Å². The van der Waals surface area contributed by atoms with E-state index in [1.165, 1.54) is 0 Å². The highest BCUT2D eigenvalue weighted by Crippen LogP contribution is 2.14. The molecule has 1 atom stereocenters. The summed E-state index contributed by atoms with van der Waals surface area (Å²) in [6.07, 6.45) is 1.91. The van der Waals surface area contributed by atoms with Crippen LogP contribution in [0.4, 0.5) is 0 Å². The number of nitriles is 1. The number of nitrogens with one attached hydrogen (secondary N) is 1. The lowest BCUT2D eigenvalue weighted by atomic mass is 9.94. The normalized spacial score (nSPS) is 22.5. The summed E-state index contributed by atoms with van der Waals surface area (Å²) in [7, 11) is 0. The zero-order valence-corrected chi connectivity index (χ0v) is 8.67. The van der Waals surface area contributed by atoms with E-state index < -0.39 is 5.41 Å². The molecule has 0 bridgehead atoms. The Bertz CT molecular complexity index is 249. The summed E-state index contributed by atoms with van der Waals surface area (Å²) < 4.78 is 5.23. The highest BCUT2D eigenvalue weighted by atomic mass is 16.5. The number of rotatable bonds is 2. The molecular weight excluding hydrogens is 180 g/mol. The van der Waals surface area contributed by atoms with Crippen LogP contribution in [0.3, 0.4) is 0 Å². The van der Waals surface area contributed by atoms with Crippen LogP contribution in [0.25, 0.3) is 0 Å². The molecular formula is C10H16N2O2. The molecule has 1 N–H and O–H groups in total. The molecule has 4 nitrogen and oxygen atoms in total. The zero-order chi connectivity index (χ0) is 10.6. The Hall–Kier alpha value is -1.08. The third-order valence-electron chi connectivity index (χ3n) is 2.34. The van der Waals surface area contributed by atoms with E-state index in [0.717, 1.165) is 19.4 Å². The quantitative estimate of drug-likeness (QED) is 0.711. The zero-order valence-electron chi connectivity index (χ0n) is 8.67. The van der Waals surface area contributed by atoms with Gasteiger partial charge in [0.1, 0.15) is 5.41 Å². The van der Waals surface area contributed by atoms with Gasteiger partial charge < -0.3 is 10.1 Å². The van der Waals surface area contributed by atoms with Gasteiger partial charge in [-0.15, -0.1) is 0 Å². The molecule has 0 aromatic heterocycles. The Labute approximate surface area is 84.2 Å². The van der Waals surface area contributed by atoms with Crippen LogP contribution in [-0.2, 0) is 9.53 Å². The number of nitrogens with zero attached hydrogens (tertiary/aromatic N) is 1. The number of hydrogen-bond acceptors (Lipinski definition) is 3. The monoisotopic (exact) mass is 196 g/mol. The van der Waals surface area contributed by atoms with Gasteiger partial charge in [0, 0.05) is 6.61 Å². The molecule has 1 fully saturated rings. The van der Waals surface area contributed by atoms with Gasteiger partial charge in [-0.2, -0.15) is 5.26 Å². The second-order valence-electron chi connectivity index (χ2n) is 4.12. The summed E-state index contributed by atoms with van der Waals surface area (Å²) in [6.45, 7) is 4.57. The number of carbonyl (C=O) groups is 1. The summed E-state index contributed by atoms with van der Waals surface area (Å²) in [4.78, 5) is 11.6. The minimum atomic E-state index is -0.947. The van der Waals surface area contributed by atoms with E-state index in [0.29, 0.717) is 6.61 Å². The minimum Gasteiger partial charge on any atom is -0.379 e. The maximum Gasteiger partial charge on any atom is 0.240 e. The van der Waals surface area contributed by atoms with Crippen molar-refractivity contribution in [1.29, 1.82) is 5.26 Å². The predicted molar refractivity (Wildman–Crippen MR) is 51.4 cm³/mol. The molecule has 1 saturated heterocycles. The molecule has 1 rings (SSSR count). The summed E-state index contributed by atoms with van der Waals surface area (Å²) in [6, 6.07) is 2.05. The number of ether oxygens (including phenoxy) is 1. The van der Waals surface area contributed by atoms with Gasteiger partial charge in [0.2, 0.25) is 5.91 Å². The highest BCUT2D eigenvalue weighted by molar-refractivity contribution is 5.84. The standard InChI is InChI=1S/C10H16N2O2/c1-10(2,7-11)9(13)12-8-4-3-5-14-6-8/h8H,3-6H2,1-2H3,(H,12,13). The summed E-state index contributed by atoms with van der Waals surface area (Å²) in [5.74, 6) is -0.212. The van der Waals surface area contributed by atoms with Crippen molar-refractivity contribution < 1.29 is 9.53 Å². The first kappa shape index (κ1) is 11.0. The Morgan fingerprint density at radius 3 is 2.86 bits per heavy atom. The molecule has 4 heteroatoms. The number of hydrogen-bond donors (Lipinski definition) is 1. The lowest BCUT2D eigenvalue weighted by molar-refractivity contribution is -0.128. The van der Waals surface area contributed by atoms with Crippen molar-refractivity contribution in [3.05, 3.63) is 0 Å². The van der Waals surface area contributed by atoms with Gasteiger partial charge in [-0.3, -0.25) is 4.79 Å². The van der Waals surface area contributed by atoms with E-state index in [4.69, 9.17) is 10.00 Å². The fourth-order valence-corrected chi connectivity index (χ4v) is 1.27. The first-order valence-corrected chi connectivity index (χ1v) is 4.86. The predicted octanol–water partition coefficient (Wildman–Crippen LogP) is 0.831. The van der Waals surface area contributed by atoms with E-state index in [1.54, 1.807) is 13.8 Å². The molecule has 1 unspecified atom stereocenters. The molecule has 0 radical (unpaired) electrons. The molecule has 1 amide bonds. The molecule has 78 valence electrons. The van der Waals surface area contributed by atoms with E-state index >= 15 is 0 Å². The lowest BCUT2D eigenvalue weighted by Gasteiger charge is -2.25. The van der Waals surface area contributed by atoms with Crippen LogP contribution in [0.15, 0.2) is 0 Å². The van der Waals surface area contributed by atoms with Crippen molar-refractivity contribution in [2.75, 3.05) is 13.2 Å². The van der Waals surface area contributed by atoms with E-state index in [2.05, 4.69) is 5.32 Å². The average Bonchev–Trinajstić information content (AvgIpc) is 2.19. The Morgan fingerprint density at radius 2 is 2.36 bits per heavy atom. The van der Waals surface area contributed by atoms with Gasteiger partial charge in [-0.1, -0.05) is 0 Å². The summed E-state index contributed by atoms with van der Waals surface area (Å²) in [5, 5.41) is 11.6. The van der Waals surface area contributed by atoms with Crippen molar-refractivity contribution in [2.24, 2.45) is 5.41 Å². The van der Waals surface area contributed by atoms with Gasteiger partial charge in [-0.25, -0.2) is 0 Å². The summed E-state index contributed by atoms with van der Waals surface area (Å²) >= 11 is 0. The maximum absolute atomic E-state index is 11.6. The molecule has 0 spiro atoms. The molecule has 14 heavy (non-hydrogen) atoms. The van der Waals surface area contributed by atoms with E-state index in [9.17, 15) is 4.79 Å². The molecule has 1 heterocycles. The van der Waals surface area contributed by atoms with Gasteiger partial charge in [0.25, 0.3) is 0 Å². The van der Waals surface area contributed by atoms with Crippen molar-refractivity contribution in [1.82, 2.24) is 5.32 Å². The highest BCUT2D eigenvalue weighted by Gasteiger charge is 2.29. The van der Waals surface area contributed by atoms with E-state index in [1.807, 2.05) is 6.07 Å². The van der Waals surface area contributed by atoms with Gasteiger partial charge in [0.15, 0.2) is 0 Å². The van der Waals surface area contributed by atoms with Gasteiger partial charge >= 0.3 is 0 Å². The number of amides is 1. The van der Waals surface area contributed by atoms with Gasteiger partial charge in [0.05, 0.1) is 18.7 Å². The van der Waals surface area contributed by atoms with Crippen molar-refractivity contribution in [3.8, 4) is 6.07 Å². The molecule has 0 saturated carbocycles. The van der Waals surface area contributed by atoms with Crippen molar-refractivity contribution >= 4 is 5.91 Å². The third kappa shape index (κ3) is 2.71. The van der Waals surface area contributed by atoms with Crippen LogP contribution in [0.2, 0.25) is 0 Å². The molecule has 1 aliphatic rings. The molecule has 0 aromatic rings. The van der Waals surface area contributed by atoms with Crippen molar-refractivity contribution in [3.63, 3.8) is 0 Å². The maximum atomic E-state index is 11.6. The van der Waals surface area contributed by atoms with Crippen LogP contribution in [0, 0.1) is 16.7 Å². The molecule has 1 aliphatic heterocycles. The first-order chi connectivity index (χ1) is 6.56. The Kier molecular flexibility index (Phi) is 3.48. The largest absolute Gasteiger partial charge is 0.379 e. The van der Waals surface area contributed by atoms with E-state index in [-0.39, 0.29) is 11.9 Å². The average molecular weight is 196 g/mol. The minimum absolute atomic E-state index is 0.0730. The Morgan fingerprint density at radius 1 is 1.64 bits per heavy atom. The fourth-order valence-electron chi connectivity index (χ4n) is 1.27. The van der Waals surface area contributed by atoms with Gasteiger partial charge in [-0.05, 0) is 26.7 Å². The van der Waals surface area contributed by atoms with Crippen LogP contribution in [0.5, 0.6) is 0 Å². The molecule has 0 aliphatic carbocycles. The van der Waals surface area contributed by atoms with Crippen LogP contribution < -0.4 is 5.32 Å². The van der Waals surface area contributed by atoms with Crippen LogP contribution in [-0.4, -0.2) is 25.2 Å². The first-order valence-electron chi connectivity index (χ1n) is 4.86. The van der Waals surface area contributed by atoms with Crippen molar-refractivity contribution in [2.45, 2.75) is 32.7 Å². The second-order valence-corrected chi connectivity index (χ2v) is 4.12. The fraction of sp³-hybridized carbons (Fsp3) is 0.800. The smallest absolute Gasteiger partial charge is 0.240 e. The van der Waals surface area contributed by atoms with Crippen LogP contribution in [0.1, 0.15) is 26.7 Å². The number of carbonyl (C=O) groups excluding carboxylic acids is 1. The Balaban J connectivity index is 2.44.